The fourth-order valence-electron chi connectivity index (χ4n) is 5.25. The molecule has 0 unspecified atom stereocenters. The van der Waals surface area contributed by atoms with Crippen LogP contribution >= 0.6 is 7.92 Å². The average molecular weight is 379 g/mol. The predicted octanol–water partition coefficient (Wildman–Crippen LogP) is 5.17. The van der Waals surface area contributed by atoms with E-state index < -0.39 is 0 Å². The lowest BCUT2D eigenvalue weighted by molar-refractivity contribution is 0.513. The molecule has 0 amide bonds. The van der Waals surface area contributed by atoms with E-state index >= 15 is 0 Å². The highest BCUT2D eigenvalue weighted by molar-refractivity contribution is 7.74. The molecule has 0 aromatic heterocycles. The van der Waals surface area contributed by atoms with Crippen LogP contribution in [0.5, 0.6) is 0 Å². The van der Waals surface area contributed by atoms with Crippen molar-refractivity contribution in [3.8, 4) is 0 Å². The van der Waals surface area contributed by atoms with Gasteiger partial charge in [0.2, 0.25) is 0 Å². The van der Waals surface area contributed by atoms with Crippen LogP contribution in [0.15, 0.2) is 36.4 Å². The van der Waals surface area contributed by atoms with Crippen LogP contribution in [0.3, 0.4) is 0 Å². The first-order chi connectivity index (χ1) is 13.4. The molecule has 1 fully saturated rings. The molecule has 0 bridgehead atoms. The van der Waals surface area contributed by atoms with Gasteiger partial charge in [0.05, 0.1) is 0 Å². The lowest BCUT2D eigenvalue weighted by atomic mass is 10.0. The molecule has 0 atom stereocenters. The molecule has 3 aliphatic rings. The number of anilines is 2. The molecular formula is C24H31N2P. The lowest BCUT2D eigenvalue weighted by Crippen LogP contribution is -2.30. The number of hydrogen-bond acceptors (Lipinski definition) is 2. The minimum absolute atomic E-state index is 0.323. The highest BCUT2D eigenvalue weighted by atomic mass is 31.1. The van der Waals surface area contributed by atoms with E-state index in [-0.39, 0.29) is 7.92 Å². The van der Waals surface area contributed by atoms with Crippen molar-refractivity contribution in [1.29, 1.82) is 0 Å². The SMILES string of the molecule is c1cc2c(c(P(c3cccc4c3NCCC4)C3CCCCC3)c1)NCCC2. The number of benzene rings is 2. The third-order valence-corrected chi connectivity index (χ3v) is 9.60. The summed E-state index contributed by atoms with van der Waals surface area (Å²) in [6, 6.07) is 14.2. The van der Waals surface area contributed by atoms with E-state index in [1.54, 1.807) is 21.7 Å². The highest BCUT2D eigenvalue weighted by Crippen LogP contribution is 2.50. The number of para-hydroxylation sites is 2. The molecule has 0 spiro atoms. The zero-order valence-electron chi connectivity index (χ0n) is 16.3. The monoisotopic (exact) mass is 378 g/mol. The molecule has 1 aliphatic carbocycles. The normalized spacial score (nSPS) is 19.7. The molecule has 2 aromatic carbocycles. The topological polar surface area (TPSA) is 24.1 Å². The smallest absolute Gasteiger partial charge is 0.0454 e. The first-order valence-electron chi connectivity index (χ1n) is 10.9. The maximum absolute atomic E-state index is 3.80. The van der Waals surface area contributed by atoms with Crippen LogP contribution in [0.1, 0.15) is 56.1 Å². The fraction of sp³-hybridized carbons (Fsp3) is 0.500. The Morgan fingerprint density at radius 2 is 1.22 bits per heavy atom. The highest BCUT2D eigenvalue weighted by Gasteiger charge is 2.31. The molecular weight excluding hydrogens is 347 g/mol. The summed E-state index contributed by atoms with van der Waals surface area (Å²) >= 11 is 0. The lowest BCUT2D eigenvalue weighted by Gasteiger charge is -2.36. The number of nitrogens with one attached hydrogen (secondary N) is 2. The zero-order valence-corrected chi connectivity index (χ0v) is 17.2. The Labute approximate surface area is 164 Å². The Kier molecular flexibility index (Phi) is 5.10. The van der Waals surface area contributed by atoms with E-state index in [0.717, 1.165) is 18.7 Å². The first-order valence-corrected chi connectivity index (χ1v) is 12.3. The van der Waals surface area contributed by atoms with Crippen LogP contribution in [0, 0.1) is 0 Å². The van der Waals surface area contributed by atoms with Crippen LogP contribution in [0.25, 0.3) is 0 Å². The Bertz CT molecular complexity index is 751. The molecule has 2 nitrogen and oxygen atoms in total. The first kappa shape index (κ1) is 17.6. The largest absolute Gasteiger partial charge is 0.384 e. The van der Waals surface area contributed by atoms with Crippen molar-refractivity contribution in [1.82, 2.24) is 0 Å². The number of fused-ring (bicyclic) bond motifs is 2. The van der Waals surface area contributed by atoms with E-state index in [1.807, 2.05) is 0 Å². The van der Waals surface area contributed by atoms with Gasteiger partial charge in [0, 0.05) is 35.1 Å². The Balaban J connectivity index is 1.65. The van der Waals surface area contributed by atoms with Crippen molar-refractivity contribution in [3.05, 3.63) is 47.5 Å². The maximum Gasteiger partial charge on any atom is 0.0454 e. The van der Waals surface area contributed by atoms with Crippen molar-refractivity contribution in [2.24, 2.45) is 0 Å². The molecule has 5 rings (SSSR count). The minimum atomic E-state index is -0.323. The summed E-state index contributed by atoms with van der Waals surface area (Å²) in [4.78, 5) is 0. The standard InChI is InChI=1S/C24H31N2P/c1-2-12-20(13-3-1)27(21-14-4-8-18-10-6-16-25-23(18)21)22-15-5-9-19-11-7-17-26-24(19)22/h4-5,8-9,14-15,20,25-26H,1-3,6-7,10-13,16-17H2. The summed E-state index contributed by atoms with van der Waals surface area (Å²) in [6.45, 7) is 2.26. The second-order valence-corrected chi connectivity index (χ2v) is 10.8. The van der Waals surface area contributed by atoms with E-state index in [0.29, 0.717) is 0 Å². The van der Waals surface area contributed by atoms with E-state index in [4.69, 9.17) is 0 Å². The summed E-state index contributed by atoms with van der Waals surface area (Å²) < 4.78 is 0. The van der Waals surface area contributed by atoms with Gasteiger partial charge in [-0.15, -0.1) is 0 Å². The van der Waals surface area contributed by atoms with Crippen molar-refractivity contribution in [2.75, 3.05) is 23.7 Å². The van der Waals surface area contributed by atoms with E-state index in [1.165, 1.54) is 69.2 Å². The molecule has 2 aromatic rings. The Hall–Kier alpha value is -1.53. The van der Waals surface area contributed by atoms with Crippen molar-refractivity contribution in [3.63, 3.8) is 0 Å². The molecule has 142 valence electrons. The quantitative estimate of drug-likeness (QED) is 0.720. The van der Waals surface area contributed by atoms with E-state index in [9.17, 15) is 0 Å². The number of aryl methyl sites for hydroxylation is 2. The van der Waals surface area contributed by atoms with Gasteiger partial charge in [-0.3, -0.25) is 0 Å². The van der Waals surface area contributed by atoms with Gasteiger partial charge in [-0.2, -0.15) is 0 Å². The van der Waals surface area contributed by atoms with Crippen molar-refractivity contribution >= 4 is 29.9 Å². The van der Waals surface area contributed by atoms with Gasteiger partial charge in [-0.05, 0) is 63.2 Å². The average Bonchev–Trinajstić information content (AvgIpc) is 2.75. The van der Waals surface area contributed by atoms with Crippen LogP contribution in [-0.4, -0.2) is 18.7 Å². The van der Waals surface area contributed by atoms with Gasteiger partial charge in [0.15, 0.2) is 0 Å². The van der Waals surface area contributed by atoms with Crippen LogP contribution in [0.4, 0.5) is 11.4 Å². The summed E-state index contributed by atoms with van der Waals surface area (Å²) in [5.41, 5.74) is 6.88. The van der Waals surface area contributed by atoms with Crippen LogP contribution < -0.4 is 21.2 Å². The number of rotatable bonds is 3. The maximum atomic E-state index is 3.80. The summed E-state index contributed by atoms with van der Waals surface area (Å²) in [5, 5.41) is 10.8. The summed E-state index contributed by atoms with van der Waals surface area (Å²) in [7, 11) is -0.323. The fourth-order valence-corrected chi connectivity index (χ4v) is 8.59. The number of hydrogen-bond donors (Lipinski definition) is 2. The van der Waals surface area contributed by atoms with E-state index in [2.05, 4.69) is 47.0 Å². The van der Waals surface area contributed by atoms with Crippen molar-refractivity contribution < 1.29 is 0 Å². The van der Waals surface area contributed by atoms with Gasteiger partial charge in [0.1, 0.15) is 0 Å². The molecule has 3 heteroatoms. The third-order valence-electron chi connectivity index (χ3n) is 6.57. The van der Waals surface area contributed by atoms with Crippen LogP contribution in [0.2, 0.25) is 0 Å². The Morgan fingerprint density at radius 1 is 0.667 bits per heavy atom. The second-order valence-electron chi connectivity index (χ2n) is 8.35. The van der Waals surface area contributed by atoms with Gasteiger partial charge in [0.25, 0.3) is 0 Å². The molecule has 2 heterocycles. The van der Waals surface area contributed by atoms with Gasteiger partial charge in [-0.1, -0.05) is 55.7 Å². The molecule has 0 saturated heterocycles. The molecule has 2 aliphatic heterocycles. The minimum Gasteiger partial charge on any atom is -0.384 e. The van der Waals surface area contributed by atoms with Gasteiger partial charge < -0.3 is 10.6 Å². The van der Waals surface area contributed by atoms with Crippen molar-refractivity contribution in [2.45, 2.75) is 63.4 Å². The van der Waals surface area contributed by atoms with Crippen LogP contribution in [-0.2, 0) is 12.8 Å². The predicted molar refractivity (Wildman–Crippen MR) is 120 cm³/mol. The summed E-state index contributed by atoms with van der Waals surface area (Å²) in [6.07, 6.45) is 12.0. The third kappa shape index (κ3) is 3.38. The van der Waals surface area contributed by atoms with Gasteiger partial charge in [-0.25, -0.2) is 0 Å². The summed E-state index contributed by atoms with van der Waals surface area (Å²) in [5.74, 6) is 0. The molecule has 2 N–H and O–H groups in total. The Morgan fingerprint density at radius 3 is 1.78 bits per heavy atom. The molecule has 1 saturated carbocycles. The zero-order chi connectivity index (χ0) is 18.1. The second kappa shape index (κ2) is 7.84. The molecule has 0 radical (unpaired) electrons. The van der Waals surface area contributed by atoms with Gasteiger partial charge >= 0.3 is 0 Å². The molecule has 27 heavy (non-hydrogen) atoms.